The van der Waals surface area contributed by atoms with Gasteiger partial charge in [-0.3, -0.25) is 4.90 Å². The first-order valence-electron chi connectivity index (χ1n) is 7.36. The summed E-state index contributed by atoms with van der Waals surface area (Å²) < 4.78 is 0. The van der Waals surface area contributed by atoms with E-state index < -0.39 is 0 Å². The predicted molar refractivity (Wildman–Crippen MR) is 79.6 cm³/mol. The summed E-state index contributed by atoms with van der Waals surface area (Å²) in [4.78, 5) is 18.2. The van der Waals surface area contributed by atoms with Gasteiger partial charge in [-0.1, -0.05) is 6.92 Å². The highest BCUT2D eigenvalue weighted by Crippen LogP contribution is 2.19. The maximum Gasteiger partial charge on any atom is 0.182 e. The zero-order valence-corrected chi connectivity index (χ0v) is 12.1. The molecule has 0 aliphatic carbocycles. The second-order valence-electron chi connectivity index (χ2n) is 5.80. The third kappa shape index (κ3) is 2.75. The number of fused-ring (bicyclic) bond motifs is 1. The van der Waals surface area contributed by atoms with E-state index in [-0.39, 0.29) is 0 Å². The molecule has 1 aliphatic rings. The Bertz CT molecular complexity index is 566. The van der Waals surface area contributed by atoms with Crippen molar-refractivity contribution < 1.29 is 0 Å². The Kier molecular flexibility index (Phi) is 3.82. The molecule has 1 fully saturated rings. The molecule has 0 bridgehead atoms. The maximum atomic E-state index is 4.30. The molecule has 1 saturated heterocycles. The van der Waals surface area contributed by atoms with Crippen LogP contribution in [-0.4, -0.2) is 50.5 Å². The van der Waals surface area contributed by atoms with Crippen molar-refractivity contribution in [2.45, 2.75) is 32.7 Å². The first kappa shape index (κ1) is 13.3. The summed E-state index contributed by atoms with van der Waals surface area (Å²) in [6.07, 6.45) is 5.88. The van der Waals surface area contributed by atoms with Gasteiger partial charge in [0.2, 0.25) is 0 Å². The SMILES string of the molecule is CC1CCCN(C(C)CNc2ncnc3nc[nH]c23)C1. The van der Waals surface area contributed by atoms with Gasteiger partial charge >= 0.3 is 0 Å². The molecular weight excluding hydrogens is 252 g/mol. The molecular formula is C14H22N6. The quantitative estimate of drug-likeness (QED) is 0.891. The van der Waals surface area contributed by atoms with E-state index in [2.05, 4.69) is 44.0 Å². The topological polar surface area (TPSA) is 69.7 Å². The number of hydrogen-bond donors (Lipinski definition) is 2. The summed E-state index contributed by atoms with van der Waals surface area (Å²) in [6.45, 7) is 7.90. The number of aromatic nitrogens is 4. The van der Waals surface area contributed by atoms with Crippen LogP contribution in [0, 0.1) is 5.92 Å². The number of piperidine rings is 1. The van der Waals surface area contributed by atoms with Crippen molar-refractivity contribution in [3.8, 4) is 0 Å². The lowest BCUT2D eigenvalue weighted by molar-refractivity contribution is 0.144. The van der Waals surface area contributed by atoms with Gasteiger partial charge in [-0.15, -0.1) is 0 Å². The van der Waals surface area contributed by atoms with Crippen LogP contribution in [0.4, 0.5) is 5.82 Å². The molecule has 6 nitrogen and oxygen atoms in total. The fourth-order valence-corrected chi connectivity index (χ4v) is 2.90. The highest BCUT2D eigenvalue weighted by Gasteiger charge is 2.20. The molecule has 2 unspecified atom stereocenters. The predicted octanol–water partition coefficient (Wildman–Crippen LogP) is 1.89. The number of H-pyrrole nitrogens is 1. The number of rotatable bonds is 4. The number of nitrogens with one attached hydrogen (secondary N) is 2. The average Bonchev–Trinajstić information content (AvgIpc) is 2.93. The minimum absolute atomic E-state index is 0.505. The van der Waals surface area contributed by atoms with Crippen LogP contribution in [0.3, 0.4) is 0 Å². The van der Waals surface area contributed by atoms with Crippen molar-refractivity contribution in [3.05, 3.63) is 12.7 Å². The zero-order valence-electron chi connectivity index (χ0n) is 12.1. The van der Waals surface area contributed by atoms with Crippen LogP contribution in [0.25, 0.3) is 11.2 Å². The number of imidazole rings is 1. The van der Waals surface area contributed by atoms with E-state index in [1.807, 2.05) is 0 Å². The molecule has 20 heavy (non-hydrogen) atoms. The van der Waals surface area contributed by atoms with Crippen molar-refractivity contribution in [2.75, 3.05) is 25.0 Å². The van der Waals surface area contributed by atoms with Gasteiger partial charge in [0.05, 0.1) is 6.33 Å². The Labute approximate surface area is 119 Å². The second kappa shape index (κ2) is 5.75. The highest BCUT2D eigenvalue weighted by molar-refractivity contribution is 5.81. The Hall–Kier alpha value is -1.69. The van der Waals surface area contributed by atoms with E-state index in [0.717, 1.165) is 23.8 Å². The Morgan fingerprint density at radius 2 is 2.35 bits per heavy atom. The van der Waals surface area contributed by atoms with Crippen molar-refractivity contribution >= 4 is 17.0 Å². The number of likely N-dealkylation sites (tertiary alicyclic amines) is 1. The van der Waals surface area contributed by atoms with Gasteiger partial charge in [-0.2, -0.15) is 0 Å². The third-order valence-electron chi connectivity index (χ3n) is 4.10. The lowest BCUT2D eigenvalue weighted by Gasteiger charge is -2.35. The van der Waals surface area contributed by atoms with E-state index >= 15 is 0 Å². The Morgan fingerprint density at radius 1 is 1.45 bits per heavy atom. The standard InChI is InChI=1S/C14H22N6/c1-10-4-3-5-20(7-10)11(2)6-15-13-12-14(17-8-16-12)19-9-18-13/h8-11H,3-7H2,1-2H3,(H2,15,16,17,18,19). The van der Waals surface area contributed by atoms with Crippen LogP contribution in [-0.2, 0) is 0 Å². The summed E-state index contributed by atoms with van der Waals surface area (Å²) >= 11 is 0. The summed E-state index contributed by atoms with van der Waals surface area (Å²) in [5.41, 5.74) is 1.59. The summed E-state index contributed by atoms with van der Waals surface area (Å²) in [7, 11) is 0. The normalized spacial score (nSPS) is 22.0. The molecule has 2 atom stereocenters. The molecule has 6 heteroatoms. The lowest BCUT2D eigenvalue weighted by atomic mass is 9.99. The van der Waals surface area contributed by atoms with Gasteiger partial charge in [-0.05, 0) is 32.2 Å². The van der Waals surface area contributed by atoms with Crippen molar-refractivity contribution in [1.82, 2.24) is 24.8 Å². The smallest absolute Gasteiger partial charge is 0.182 e. The van der Waals surface area contributed by atoms with Crippen molar-refractivity contribution in [1.29, 1.82) is 0 Å². The minimum atomic E-state index is 0.505. The molecule has 0 saturated carbocycles. The molecule has 0 spiro atoms. The van der Waals surface area contributed by atoms with Gasteiger partial charge in [0.15, 0.2) is 11.5 Å². The molecule has 2 aromatic heterocycles. The monoisotopic (exact) mass is 274 g/mol. The first-order chi connectivity index (χ1) is 9.74. The molecule has 3 heterocycles. The van der Waals surface area contributed by atoms with E-state index in [1.165, 1.54) is 25.9 Å². The summed E-state index contributed by atoms with van der Waals surface area (Å²) in [5, 5.41) is 3.42. The third-order valence-corrected chi connectivity index (χ3v) is 4.10. The molecule has 2 N–H and O–H groups in total. The van der Waals surface area contributed by atoms with Crippen LogP contribution in [0.5, 0.6) is 0 Å². The fraction of sp³-hybridized carbons (Fsp3) is 0.643. The van der Waals surface area contributed by atoms with Crippen molar-refractivity contribution in [3.63, 3.8) is 0 Å². The van der Waals surface area contributed by atoms with Crippen LogP contribution in [0.15, 0.2) is 12.7 Å². The highest BCUT2D eigenvalue weighted by atomic mass is 15.2. The summed E-state index contributed by atoms with van der Waals surface area (Å²) in [5.74, 6) is 1.65. The van der Waals surface area contributed by atoms with E-state index in [0.29, 0.717) is 11.7 Å². The number of hydrogen-bond acceptors (Lipinski definition) is 5. The lowest BCUT2D eigenvalue weighted by Crippen LogP contribution is -2.43. The molecule has 3 rings (SSSR count). The fourth-order valence-electron chi connectivity index (χ4n) is 2.90. The zero-order chi connectivity index (χ0) is 13.9. The molecule has 0 radical (unpaired) electrons. The van der Waals surface area contributed by atoms with Gasteiger partial charge in [-0.25, -0.2) is 15.0 Å². The van der Waals surface area contributed by atoms with Crippen LogP contribution in [0.2, 0.25) is 0 Å². The van der Waals surface area contributed by atoms with E-state index in [1.54, 1.807) is 12.7 Å². The molecule has 108 valence electrons. The number of nitrogens with zero attached hydrogens (tertiary/aromatic N) is 4. The Balaban J connectivity index is 1.62. The van der Waals surface area contributed by atoms with Crippen LogP contribution in [0.1, 0.15) is 26.7 Å². The van der Waals surface area contributed by atoms with Gasteiger partial charge in [0, 0.05) is 19.1 Å². The second-order valence-corrected chi connectivity index (χ2v) is 5.80. The minimum Gasteiger partial charge on any atom is -0.367 e. The van der Waals surface area contributed by atoms with E-state index in [4.69, 9.17) is 0 Å². The van der Waals surface area contributed by atoms with Crippen LogP contribution >= 0.6 is 0 Å². The first-order valence-corrected chi connectivity index (χ1v) is 7.36. The molecule has 0 aromatic carbocycles. The van der Waals surface area contributed by atoms with E-state index in [9.17, 15) is 0 Å². The number of aromatic amines is 1. The van der Waals surface area contributed by atoms with Gasteiger partial charge < -0.3 is 10.3 Å². The van der Waals surface area contributed by atoms with Gasteiger partial charge in [0.1, 0.15) is 11.8 Å². The molecule has 0 amide bonds. The molecule has 1 aliphatic heterocycles. The largest absolute Gasteiger partial charge is 0.367 e. The maximum absolute atomic E-state index is 4.30. The summed E-state index contributed by atoms with van der Waals surface area (Å²) in [6, 6.07) is 0.505. The van der Waals surface area contributed by atoms with Crippen LogP contribution < -0.4 is 5.32 Å². The Morgan fingerprint density at radius 3 is 3.20 bits per heavy atom. The molecule has 2 aromatic rings. The number of anilines is 1. The average molecular weight is 274 g/mol. The van der Waals surface area contributed by atoms with Crippen molar-refractivity contribution in [2.24, 2.45) is 5.92 Å². The van der Waals surface area contributed by atoms with Gasteiger partial charge in [0.25, 0.3) is 0 Å².